The van der Waals surface area contributed by atoms with Crippen molar-refractivity contribution in [2.45, 2.75) is 25.7 Å². The lowest BCUT2D eigenvalue weighted by Crippen LogP contribution is -2.42. The van der Waals surface area contributed by atoms with E-state index in [-0.39, 0.29) is 30.1 Å². The van der Waals surface area contributed by atoms with Gasteiger partial charge in [0.1, 0.15) is 0 Å². The first kappa shape index (κ1) is 14.5. The van der Waals surface area contributed by atoms with Crippen LogP contribution in [0.5, 0.6) is 0 Å². The SMILES string of the molecule is CC(CCO)CC1(O)OC(=O)c2cccc(c2)C(=O)O1. The number of ether oxygens (including phenoxy) is 2. The Kier molecular flexibility index (Phi) is 4.06. The van der Waals surface area contributed by atoms with Crippen molar-refractivity contribution < 1.29 is 29.3 Å². The zero-order chi connectivity index (χ0) is 14.8. The van der Waals surface area contributed by atoms with Crippen LogP contribution in [0.25, 0.3) is 0 Å². The van der Waals surface area contributed by atoms with Gasteiger partial charge in [0.05, 0.1) is 17.5 Å². The number of aliphatic hydroxyl groups excluding tert-OH is 1. The standard InChI is InChI=1S/C14H16O6/c1-9(5-6-15)8-14(18)19-12(16)10-3-2-4-11(7-10)13(17)20-14/h2-4,7,9,15,18H,5-6,8H2,1H3. The molecule has 1 atom stereocenters. The molecule has 1 heterocycles. The van der Waals surface area contributed by atoms with Gasteiger partial charge in [0, 0.05) is 6.61 Å². The average molecular weight is 280 g/mol. The third-order valence-electron chi connectivity index (χ3n) is 3.07. The second-order valence-electron chi connectivity index (χ2n) is 4.89. The summed E-state index contributed by atoms with van der Waals surface area (Å²) in [5, 5.41) is 19.1. The van der Waals surface area contributed by atoms with E-state index in [9.17, 15) is 14.7 Å². The molecule has 1 aliphatic heterocycles. The van der Waals surface area contributed by atoms with E-state index >= 15 is 0 Å². The van der Waals surface area contributed by atoms with E-state index in [1.165, 1.54) is 24.3 Å². The van der Waals surface area contributed by atoms with E-state index in [1.54, 1.807) is 6.92 Å². The summed E-state index contributed by atoms with van der Waals surface area (Å²) in [5.41, 5.74) is 0.347. The molecular weight excluding hydrogens is 264 g/mol. The number of cyclic esters (lactones) is 2. The molecule has 0 aromatic heterocycles. The van der Waals surface area contributed by atoms with E-state index in [1.807, 2.05) is 0 Å². The second kappa shape index (κ2) is 5.60. The lowest BCUT2D eigenvalue weighted by molar-refractivity contribution is -0.312. The van der Waals surface area contributed by atoms with Gasteiger partial charge in [0.15, 0.2) is 0 Å². The van der Waals surface area contributed by atoms with Crippen molar-refractivity contribution in [1.82, 2.24) is 0 Å². The Morgan fingerprint density at radius 3 is 2.25 bits per heavy atom. The fraction of sp³-hybridized carbons (Fsp3) is 0.429. The van der Waals surface area contributed by atoms with Gasteiger partial charge < -0.3 is 19.7 Å². The Morgan fingerprint density at radius 2 is 1.75 bits per heavy atom. The third kappa shape index (κ3) is 3.15. The number of hydrogen-bond donors (Lipinski definition) is 2. The van der Waals surface area contributed by atoms with Gasteiger partial charge in [-0.05, 0) is 30.5 Å². The van der Waals surface area contributed by atoms with Crippen LogP contribution in [0, 0.1) is 5.92 Å². The van der Waals surface area contributed by atoms with Crippen LogP contribution in [0.15, 0.2) is 24.3 Å². The second-order valence-corrected chi connectivity index (χ2v) is 4.89. The number of hydrogen-bond acceptors (Lipinski definition) is 6. The quantitative estimate of drug-likeness (QED) is 0.801. The lowest BCUT2D eigenvalue weighted by Gasteiger charge is -2.30. The van der Waals surface area contributed by atoms with Gasteiger partial charge in [-0.25, -0.2) is 9.59 Å². The van der Waals surface area contributed by atoms with Crippen LogP contribution in [0.1, 0.15) is 40.5 Å². The maximum absolute atomic E-state index is 11.9. The number of rotatable bonds is 4. The van der Waals surface area contributed by atoms with Crippen LogP contribution in [0.4, 0.5) is 0 Å². The Balaban J connectivity index is 2.25. The van der Waals surface area contributed by atoms with Gasteiger partial charge in [-0.1, -0.05) is 13.0 Å². The van der Waals surface area contributed by atoms with Crippen molar-refractivity contribution in [2.24, 2.45) is 5.92 Å². The maximum Gasteiger partial charge on any atom is 0.373 e. The van der Waals surface area contributed by atoms with Gasteiger partial charge >= 0.3 is 17.9 Å². The van der Waals surface area contributed by atoms with Gasteiger partial charge in [0.25, 0.3) is 0 Å². The Hall–Kier alpha value is -1.92. The monoisotopic (exact) mass is 280 g/mol. The molecular formula is C14H16O6. The first-order valence-corrected chi connectivity index (χ1v) is 6.33. The molecule has 2 N–H and O–H groups in total. The molecule has 20 heavy (non-hydrogen) atoms. The first-order valence-electron chi connectivity index (χ1n) is 6.33. The van der Waals surface area contributed by atoms with Crippen LogP contribution in [-0.2, 0) is 9.47 Å². The zero-order valence-corrected chi connectivity index (χ0v) is 11.0. The molecule has 6 heteroatoms. The third-order valence-corrected chi connectivity index (χ3v) is 3.07. The predicted octanol–water partition coefficient (Wildman–Crippen LogP) is 1.07. The summed E-state index contributed by atoms with van der Waals surface area (Å²) < 4.78 is 9.79. The van der Waals surface area contributed by atoms with E-state index in [0.717, 1.165) is 0 Å². The van der Waals surface area contributed by atoms with Crippen molar-refractivity contribution in [2.75, 3.05) is 6.61 Å². The van der Waals surface area contributed by atoms with Crippen LogP contribution in [0.3, 0.4) is 0 Å². The first-order chi connectivity index (χ1) is 9.43. The van der Waals surface area contributed by atoms with Crippen LogP contribution >= 0.6 is 0 Å². The number of benzene rings is 1. The van der Waals surface area contributed by atoms with Gasteiger partial charge in [-0.15, -0.1) is 0 Å². The normalized spacial score (nSPS) is 18.6. The summed E-state index contributed by atoms with van der Waals surface area (Å²) in [6.45, 7) is 1.67. The molecule has 1 aromatic carbocycles. The molecule has 0 amide bonds. The van der Waals surface area contributed by atoms with Crippen molar-refractivity contribution in [3.8, 4) is 0 Å². The fourth-order valence-electron chi connectivity index (χ4n) is 2.05. The molecule has 2 bridgehead atoms. The molecule has 0 aliphatic carbocycles. The minimum atomic E-state index is -2.31. The Bertz CT molecular complexity index is 491. The average Bonchev–Trinajstić information content (AvgIpc) is 2.37. The van der Waals surface area contributed by atoms with Crippen LogP contribution in [0.2, 0.25) is 0 Å². The number of carbonyl (C=O) groups is 2. The summed E-state index contributed by atoms with van der Waals surface area (Å²) >= 11 is 0. The predicted molar refractivity (Wildman–Crippen MR) is 67.7 cm³/mol. The highest BCUT2D eigenvalue weighted by Gasteiger charge is 2.40. The topological polar surface area (TPSA) is 93.1 Å². The van der Waals surface area contributed by atoms with Crippen molar-refractivity contribution in [1.29, 1.82) is 0 Å². The van der Waals surface area contributed by atoms with Gasteiger partial charge in [0.2, 0.25) is 0 Å². The molecule has 1 aromatic rings. The lowest BCUT2D eigenvalue weighted by atomic mass is 10.0. The van der Waals surface area contributed by atoms with E-state index in [2.05, 4.69) is 0 Å². The van der Waals surface area contributed by atoms with Crippen LogP contribution in [-0.4, -0.2) is 34.7 Å². The fourth-order valence-corrected chi connectivity index (χ4v) is 2.05. The van der Waals surface area contributed by atoms with E-state index in [4.69, 9.17) is 14.6 Å². The highest BCUT2D eigenvalue weighted by atomic mass is 16.8. The van der Waals surface area contributed by atoms with Gasteiger partial charge in [-0.2, -0.15) is 0 Å². The smallest absolute Gasteiger partial charge is 0.373 e. The summed E-state index contributed by atoms with van der Waals surface area (Å²) in [4.78, 5) is 23.7. The van der Waals surface area contributed by atoms with E-state index in [0.29, 0.717) is 6.42 Å². The summed E-state index contributed by atoms with van der Waals surface area (Å²) in [5.74, 6) is -4.04. The molecule has 0 saturated heterocycles. The number of aliphatic hydroxyl groups is 2. The molecule has 0 saturated carbocycles. The highest BCUT2D eigenvalue weighted by molar-refractivity contribution is 5.96. The molecule has 0 fully saturated rings. The molecule has 1 unspecified atom stereocenters. The molecule has 0 spiro atoms. The van der Waals surface area contributed by atoms with Crippen LogP contribution < -0.4 is 0 Å². The number of fused-ring (bicyclic) bond motifs is 2. The molecule has 1 aliphatic rings. The Morgan fingerprint density at radius 1 is 1.20 bits per heavy atom. The van der Waals surface area contributed by atoms with Crippen molar-refractivity contribution in [3.05, 3.63) is 35.4 Å². The number of carbonyl (C=O) groups excluding carboxylic acids is 2. The van der Waals surface area contributed by atoms with E-state index < -0.39 is 17.9 Å². The molecule has 6 nitrogen and oxygen atoms in total. The minimum absolute atomic E-state index is 0.0712. The van der Waals surface area contributed by atoms with Crippen molar-refractivity contribution in [3.63, 3.8) is 0 Å². The number of esters is 2. The molecule has 0 radical (unpaired) electrons. The van der Waals surface area contributed by atoms with Crippen molar-refractivity contribution >= 4 is 11.9 Å². The highest BCUT2D eigenvalue weighted by Crippen LogP contribution is 2.27. The molecule has 2 rings (SSSR count). The zero-order valence-electron chi connectivity index (χ0n) is 11.0. The Labute approximate surface area is 115 Å². The maximum atomic E-state index is 11.9. The summed E-state index contributed by atoms with van der Waals surface area (Å²) in [6.07, 6.45) is 0.290. The summed E-state index contributed by atoms with van der Waals surface area (Å²) in [6, 6.07) is 5.86. The largest absolute Gasteiger partial charge is 0.396 e. The van der Waals surface area contributed by atoms with Gasteiger partial charge in [-0.3, -0.25) is 0 Å². The minimum Gasteiger partial charge on any atom is -0.396 e. The molecule has 108 valence electrons. The summed E-state index contributed by atoms with van der Waals surface area (Å²) in [7, 11) is 0.